The standard InChI is InChI=1S/C16H22N4/c1-12-7-13(2)9-15(8-12)19-14-3-5-16(6-4-14)20-11-17-10-18-20/h3-6,10-13,15,19H,7-9H2,1-2H3. The number of aromatic nitrogens is 3. The molecule has 4 nitrogen and oxygen atoms in total. The lowest BCUT2D eigenvalue weighted by atomic mass is 9.80. The highest BCUT2D eigenvalue weighted by Gasteiger charge is 2.23. The Morgan fingerprint density at radius 2 is 1.75 bits per heavy atom. The molecule has 0 radical (unpaired) electrons. The molecule has 3 rings (SSSR count). The van der Waals surface area contributed by atoms with Gasteiger partial charge >= 0.3 is 0 Å². The predicted octanol–water partition coefficient (Wildman–Crippen LogP) is 3.50. The van der Waals surface area contributed by atoms with E-state index in [1.807, 2.05) is 0 Å². The third-order valence-corrected chi connectivity index (χ3v) is 4.10. The summed E-state index contributed by atoms with van der Waals surface area (Å²) in [7, 11) is 0. The molecule has 1 saturated carbocycles. The van der Waals surface area contributed by atoms with Crippen LogP contribution in [0, 0.1) is 11.8 Å². The van der Waals surface area contributed by atoms with Crippen LogP contribution in [-0.2, 0) is 0 Å². The summed E-state index contributed by atoms with van der Waals surface area (Å²) in [4.78, 5) is 3.97. The van der Waals surface area contributed by atoms with Crippen molar-refractivity contribution in [3.05, 3.63) is 36.9 Å². The molecule has 2 atom stereocenters. The molecule has 0 bridgehead atoms. The molecule has 0 saturated heterocycles. The summed E-state index contributed by atoms with van der Waals surface area (Å²) in [5, 5.41) is 7.81. The predicted molar refractivity (Wildman–Crippen MR) is 80.9 cm³/mol. The summed E-state index contributed by atoms with van der Waals surface area (Å²) in [6, 6.07) is 9.01. The highest BCUT2D eigenvalue weighted by Crippen LogP contribution is 2.30. The zero-order chi connectivity index (χ0) is 13.9. The lowest BCUT2D eigenvalue weighted by Gasteiger charge is -2.32. The Kier molecular flexibility index (Phi) is 3.72. The first kappa shape index (κ1) is 13.2. The molecule has 0 amide bonds. The van der Waals surface area contributed by atoms with Gasteiger partial charge in [-0.25, -0.2) is 9.67 Å². The minimum Gasteiger partial charge on any atom is -0.382 e. The fraction of sp³-hybridized carbons (Fsp3) is 0.500. The van der Waals surface area contributed by atoms with E-state index in [9.17, 15) is 0 Å². The Morgan fingerprint density at radius 3 is 2.35 bits per heavy atom. The molecule has 0 spiro atoms. The van der Waals surface area contributed by atoms with Gasteiger partial charge in [0.05, 0.1) is 5.69 Å². The number of nitrogens with one attached hydrogen (secondary N) is 1. The molecule has 1 fully saturated rings. The average Bonchev–Trinajstić information content (AvgIpc) is 2.92. The first-order valence-corrected chi connectivity index (χ1v) is 7.42. The Labute approximate surface area is 120 Å². The molecule has 1 aliphatic carbocycles. The number of anilines is 1. The Balaban J connectivity index is 1.66. The number of rotatable bonds is 3. The van der Waals surface area contributed by atoms with E-state index < -0.39 is 0 Å². The summed E-state index contributed by atoms with van der Waals surface area (Å²) in [6.45, 7) is 4.72. The second-order valence-corrected chi connectivity index (χ2v) is 6.15. The average molecular weight is 270 g/mol. The Morgan fingerprint density at radius 1 is 1.05 bits per heavy atom. The molecule has 2 aromatic rings. The van der Waals surface area contributed by atoms with Crippen molar-refractivity contribution in [1.82, 2.24) is 14.8 Å². The quantitative estimate of drug-likeness (QED) is 0.928. The van der Waals surface area contributed by atoms with Crippen LogP contribution in [0.3, 0.4) is 0 Å². The summed E-state index contributed by atoms with van der Waals surface area (Å²) in [5.74, 6) is 1.65. The van der Waals surface area contributed by atoms with Crippen LogP contribution < -0.4 is 5.32 Å². The highest BCUT2D eigenvalue weighted by molar-refractivity contribution is 5.49. The molecule has 4 heteroatoms. The van der Waals surface area contributed by atoms with Crippen molar-refractivity contribution in [2.24, 2.45) is 11.8 Å². The number of benzene rings is 1. The van der Waals surface area contributed by atoms with Crippen LogP contribution >= 0.6 is 0 Å². The third kappa shape index (κ3) is 3.00. The topological polar surface area (TPSA) is 42.7 Å². The third-order valence-electron chi connectivity index (χ3n) is 4.10. The van der Waals surface area contributed by atoms with Crippen molar-refractivity contribution in [2.45, 2.75) is 39.2 Å². The summed E-state index contributed by atoms with van der Waals surface area (Å²) in [6.07, 6.45) is 7.18. The van der Waals surface area contributed by atoms with E-state index >= 15 is 0 Å². The summed E-state index contributed by atoms with van der Waals surface area (Å²) >= 11 is 0. The van der Waals surface area contributed by atoms with Gasteiger partial charge in [0.1, 0.15) is 12.7 Å². The molecule has 1 heterocycles. The van der Waals surface area contributed by atoms with Crippen LogP contribution in [0.5, 0.6) is 0 Å². The number of nitrogens with zero attached hydrogens (tertiary/aromatic N) is 3. The SMILES string of the molecule is CC1CC(C)CC(Nc2ccc(-n3cncn3)cc2)C1. The van der Waals surface area contributed by atoms with Gasteiger partial charge in [-0.1, -0.05) is 13.8 Å². The van der Waals surface area contributed by atoms with Gasteiger partial charge in [0.2, 0.25) is 0 Å². The van der Waals surface area contributed by atoms with Crippen LogP contribution in [0.25, 0.3) is 5.69 Å². The van der Waals surface area contributed by atoms with E-state index in [4.69, 9.17) is 0 Å². The summed E-state index contributed by atoms with van der Waals surface area (Å²) in [5.41, 5.74) is 2.23. The normalized spacial score (nSPS) is 26.4. The zero-order valence-electron chi connectivity index (χ0n) is 12.2. The van der Waals surface area contributed by atoms with Crippen LogP contribution in [-0.4, -0.2) is 20.8 Å². The lowest BCUT2D eigenvalue weighted by molar-refractivity contribution is 0.281. The van der Waals surface area contributed by atoms with E-state index in [-0.39, 0.29) is 0 Å². The van der Waals surface area contributed by atoms with E-state index in [1.165, 1.54) is 24.9 Å². The van der Waals surface area contributed by atoms with Crippen molar-refractivity contribution in [1.29, 1.82) is 0 Å². The molecule has 1 aromatic carbocycles. The second kappa shape index (κ2) is 5.65. The largest absolute Gasteiger partial charge is 0.382 e. The van der Waals surface area contributed by atoms with Gasteiger partial charge < -0.3 is 5.32 Å². The van der Waals surface area contributed by atoms with Gasteiger partial charge in [0.25, 0.3) is 0 Å². The van der Waals surface area contributed by atoms with Crippen molar-refractivity contribution in [2.75, 3.05) is 5.32 Å². The maximum absolute atomic E-state index is 4.14. The smallest absolute Gasteiger partial charge is 0.138 e. The van der Waals surface area contributed by atoms with Crippen LogP contribution in [0.2, 0.25) is 0 Å². The van der Waals surface area contributed by atoms with Gasteiger partial charge in [-0.3, -0.25) is 0 Å². The molecule has 1 aliphatic rings. The van der Waals surface area contributed by atoms with E-state index in [2.05, 4.69) is 53.5 Å². The van der Waals surface area contributed by atoms with E-state index in [0.717, 1.165) is 17.5 Å². The first-order chi connectivity index (χ1) is 9.70. The fourth-order valence-corrected chi connectivity index (χ4v) is 3.35. The first-order valence-electron chi connectivity index (χ1n) is 7.42. The number of hydrogen-bond acceptors (Lipinski definition) is 3. The van der Waals surface area contributed by atoms with Crippen molar-refractivity contribution >= 4 is 5.69 Å². The zero-order valence-corrected chi connectivity index (χ0v) is 12.2. The fourth-order valence-electron chi connectivity index (χ4n) is 3.35. The minimum atomic E-state index is 0.603. The Hall–Kier alpha value is -1.84. The van der Waals surface area contributed by atoms with Crippen LogP contribution in [0.1, 0.15) is 33.1 Å². The molecule has 1 N–H and O–H groups in total. The van der Waals surface area contributed by atoms with E-state index in [0.29, 0.717) is 6.04 Å². The molecule has 1 aromatic heterocycles. The van der Waals surface area contributed by atoms with Gasteiger partial charge in [-0.2, -0.15) is 5.10 Å². The Bertz CT molecular complexity index is 522. The maximum Gasteiger partial charge on any atom is 0.138 e. The minimum absolute atomic E-state index is 0.603. The molecular weight excluding hydrogens is 248 g/mol. The monoisotopic (exact) mass is 270 g/mol. The van der Waals surface area contributed by atoms with Gasteiger partial charge in [0, 0.05) is 11.7 Å². The van der Waals surface area contributed by atoms with Gasteiger partial charge in [-0.05, 0) is 55.4 Å². The van der Waals surface area contributed by atoms with Crippen LogP contribution in [0.15, 0.2) is 36.9 Å². The van der Waals surface area contributed by atoms with Crippen molar-refractivity contribution in [3.63, 3.8) is 0 Å². The van der Waals surface area contributed by atoms with Crippen molar-refractivity contribution < 1.29 is 0 Å². The molecule has 2 unspecified atom stereocenters. The van der Waals surface area contributed by atoms with Gasteiger partial charge in [0.15, 0.2) is 0 Å². The van der Waals surface area contributed by atoms with Crippen molar-refractivity contribution in [3.8, 4) is 5.69 Å². The molecular formula is C16H22N4. The van der Waals surface area contributed by atoms with Crippen LogP contribution in [0.4, 0.5) is 5.69 Å². The number of hydrogen-bond donors (Lipinski definition) is 1. The van der Waals surface area contributed by atoms with Gasteiger partial charge in [-0.15, -0.1) is 0 Å². The second-order valence-electron chi connectivity index (χ2n) is 6.15. The highest BCUT2D eigenvalue weighted by atomic mass is 15.3. The molecule has 0 aliphatic heterocycles. The lowest BCUT2D eigenvalue weighted by Crippen LogP contribution is -2.30. The molecule has 20 heavy (non-hydrogen) atoms. The summed E-state index contributed by atoms with van der Waals surface area (Å²) < 4.78 is 1.77. The van der Waals surface area contributed by atoms with E-state index in [1.54, 1.807) is 17.3 Å². The maximum atomic E-state index is 4.14. The molecule has 106 valence electrons.